The lowest BCUT2D eigenvalue weighted by molar-refractivity contribution is 0.324. The Kier molecular flexibility index (Phi) is 10.2. The topological polar surface area (TPSA) is 64.6 Å². The second kappa shape index (κ2) is 14.2. The molecule has 0 fully saturated rings. The van der Waals surface area contributed by atoms with E-state index in [2.05, 4.69) is 18.2 Å². The van der Waals surface area contributed by atoms with E-state index in [1.54, 1.807) is 42.7 Å². The minimum absolute atomic E-state index is 0.579. The van der Waals surface area contributed by atoms with Crippen molar-refractivity contribution in [1.82, 2.24) is 0 Å². The fraction of sp³-hybridized carbons (Fsp3) is 0.294. The summed E-state index contributed by atoms with van der Waals surface area (Å²) < 4.78 is 39.4. The Bertz CT molecular complexity index is 1420. The number of benzene rings is 4. The van der Waals surface area contributed by atoms with Crippen LogP contribution < -0.4 is 33.2 Å². The molecule has 0 aliphatic heterocycles. The molecule has 0 aliphatic carbocycles. The van der Waals surface area contributed by atoms with E-state index < -0.39 is 0 Å². The number of hydrogen-bond donors (Lipinski definition) is 0. The summed E-state index contributed by atoms with van der Waals surface area (Å²) in [5.74, 6) is 5.42. The Hall–Kier alpha value is -4.52. The first kappa shape index (κ1) is 29.5. The Labute approximate surface area is 242 Å². The minimum atomic E-state index is 0.579. The normalized spacial score (nSPS) is 10.6. The first-order chi connectivity index (χ1) is 20.0. The second-order valence-electron chi connectivity index (χ2n) is 9.49. The standard InChI is InChI=1S/C34H38O7/c1-35-27-9-7-8-23(16-27)10-11-24-14-15-30(37-3)31(19-24)41-29-18-25(17-28(22-29)36-2)12-13-26-20-32(38-4)34(40-6)33(21-26)39-5/h7-9,14-22H,10-13H2,1-6H3. The van der Waals surface area contributed by atoms with Gasteiger partial charge in [0, 0.05) is 6.07 Å². The lowest BCUT2D eigenvalue weighted by Crippen LogP contribution is -1.99. The quantitative estimate of drug-likeness (QED) is 0.164. The van der Waals surface area contributed by atoms with Crippen LogP contribution in [0, 0.1) is 0 Å². The first-order valence-electron chi connectivity index (χ1n) is 13.4. The molecule has 7 heteroatoms. The van der Waals surface area contributed by atoms with Gasteiger partial charge in [-0.25, -0.2) is 0 Å². The highest BCUT2D eigenvalue weighted by atomic mass is 16.5. The van der Waals surface area contributed by atoms with Crippen LogP contribution in [-0.2, 0) is 25.7 Å². The molecule has 0 radical (unpaired) electrons. The lowest BCUT2D eigenvalue weighted by Gasteiger charge is -2.15. The van der Waals surface area contributed by atoms with Crippen LogP contribution in [0.5, 0.6) is 46.0 Å². The lowest BCUT2D eigenvalue weighted by atomic mass is 10.0. The predicted octanol–water partition coefficient (Wildman–Crippen LogP) is 7.10. The molecule has 0 atom stereocenters. The number of rotatable bonds is 14. The molecule has 0 N–H and O–H groups in total. The van der Waals surface area contributed by atoms with E-state index >= 15 is 0 Å². The van der Waals surface area contributed by atoms with Crippen molar-refractivity contribution in [2.45, 2.75) is 25.7 Å². The van der Waals surface area contributed by atoms with Crippen molar-refractivity contribution in [1.29, 1.82) is 0 Å². The minimum Gasteiger partial charge on any atom is -0.497 e. The van der Waals surface area contributed by atoms with Crippen LogP contribution in [0.1, 0.15) is 22.3 Å². The van der Waals surface area contributed by atoms with E-state index in [0.29, 0.717) is 34.5 Å². The van der Waals surface area contributed by atoms with Gasteiger partial charge in [0.15, 0.2) is 23.0 Å². The Morgan fingerprint density at radius 1 is 0.390 bits per heavy atom. The van der Waals surface area contributed by atoms with Crippen LogP contribution in [0.3, 0.4) is 0 Å². The van der Waals surface area contributed by atoms with Crippen LogP contribution in [0.25, 0.3) is 0 Å². The van der Waals surface area contributed by atoms with E-state index in [1.165, 1.54) is 5.56 Å². The molecular weight excluding hydrogens is 520 g/mol. The van der Waals surface area contributed by atoms with E-state index in [9.17, 15) is 0 Å². The predicted molar refractivity (Wildman–Crippen MR) is 160 cm³/mol. The summed E-state index contributed by atoms with van der Waals surface area (Å²) in [6.45, 7) is 0. The van der Waals surface area contributed by atoms with E-state index in [1.807, 2.05) is 54.6 Å². The summed E-state index contributed by atoms with van der Waals surface area (Å²) in [6, 6.07) is 24.1. The molecule has 0 saturated carbocycles. The van der Waals surface area contributed by atoms with Gasteiger partial charge in [-0.15, -0.1) is 0 Å². The average molecular weight is 559 g/mol. The zero-order valence-corrected chi connectivity index (χ0v) is 24.6. The van der Waals surface area contributed by atoms with Crippen LogP contribution in [0.4, 0.5) is 0 Å². The molecule has 4 aromatic rings. The maximum absolute atomic E-state index is 6.39. The second-order valence-corrected chi connectivity index (χ2v) is 9.49. The number of ether oxygens (including phenoxy) is 7. The molecule has 0 aromatic heterocycles. The fourth-order valence-corrected chi connectivity index (χ4v) is 4.72. The van der Waals surface area contributed by atoms with Crippen LogP contribution in [0.2, 0.25) is 0 Å². The Morgan fingerprint density at radius 3 is 1.54 bits per heavy atom. The maximum Gasteiger partial charge on any atom is 0.203 e. The molecule has 0 amide bonds. The molecule has 7 nitrogen and oxygen atoms in total. The zero-order chi connectivity index (χ0) is 29.2. The van der Waals surface area contributed by atoms with Gasteiger partial charge in [-0.2, -0.15) is 0 Å². The van der Waals surface area contributed by atoms with Gasteiger partial charge in [-0.3, -0.25) is 0 Å². The Balaban J connectivity index is 1.52. The molecule has 0 bridgehead atoms. The van der Waals surface area contributed by atoms with Gasteiger partial charge in [-0.05, 0) is 96.5 Å². The summed E-state index contributed by atoms with van der Waals surface area (Å²) in [7, 11) is 9.82. The third-order valence-corrected chi connectivity index (χ3v) is 6.89. The maximum atomic E-state index is 6.39. The number of aryl methyl sites for hydroxylation is 4. The van der Waals surface area contributed by atoms with Crippen molar-refractivity contribution >= 4 is 0 Å². The van der Waals surface area contributed by atoms with Gasteiger partial charge in [0.1, 0.15) is 17.2 Å². The van der Waals surface area contributed by atoms with Gasteiger partial charge >= 0.3 is 0 Å². The van der Waals surface area contributed by atoms with Crippen molar-refractivity contribution in [3.05, 3.63) is 95.1 Å². The van der Waals surface area contributed by atoms with E-state index in [4.69, 9.17) is 33.2 Å². The summed E-state index contributed by atoms with van der Waals surface area (Å²) in [5.41, 5.74) is 4.50. The molecule has 0 heterocycles. The number of methoxy groups -OCH3 is 6. The number of hydrogen-bond acceptors (Lipinski definition) is 7. The summed E-state index contributed by atoms with van der Waals surface area (Å²) in [6.07, 6.45) is 3.25. The molecular formula is C34H38O7. The summed E-state index contributed by atoms with van der Waals surface area (Å²) in [5, 5.41) is 0. The van der Waals surface area contributed by atoms with Crippen molar-refractivity contribution in [3.8, 4) is 46.0 Å². The third kappa shape index (κ3) is 7.57. The molecule has 0 spiro atoms. The van der Waals surface area contributed by atoms with Crippen LogP contribution in [-0.4, -0.2) is 42.7 Å². The molecule has 4 rings (SSSR count). The monoisotopic (exact) mass is 558 g/mol. The van der Waals surface area contributed by atoms with Crippen molar-refractivity contribution < 1.29 is 33.2 Å². The zero-order valence-electron chi connectivity index (χ0n) is 24.6. The van der Waals surface area contributed by atoms with E-state index in [-0.39, 0.29) is 0 Å². The van der Waals surface area contributed by atoms with Gasteiger partial charge in [0.25, 0.3) is 0 Å². The average Bonchev–Trinajstić information content (AvgIpc) is 3.02. The highest BCUT2D eigenvalue weighted by molar-refractivity contribution is 5.54. The van der Waals surface area contributed by atoms with Crippen molar-refractivity contribution in [2.75, 3.05) is 42.7 Å². The van der Waals surface area contributed by atoms with Crippen molar-refractivity contribution in [2.24, 2.45) is 0 Å². The summed E-state index contributed by atoms with van der Waals surface area (Å²) >= 11 is 0. The molecule has 0 unspecified atom stereocenters. The van der Waals surface area contributed by atoms with Gasteiger partial charge in [0.2, 0.25) is 5.75 Å². The first-order valence-corrected chi connectivity index (χ1v) is 13.4. The largest absolute Gasteiger partial charge is 0.497 e. The Morgan fingerprint density at radius 2 is 0.927 bits per heavy atom. The highest BCUT2D eigenvalue weighted by Crippen LogP contribution is 2.39. The smallest absolute Gasteiger partial charge is 0.203 e. The van der Waals surface area contributed by atoms with Gasteiger partial charge in [-0.1, -0.05) is 18.2 Å². The molecule has 4 aromatic carbocycles. The van der Waals surface area contributed by atoms with Gasteiger partial charge in [0.05, 0.1) is 42.7 Å². The molecule has 41 heavy (non-hydrogen) atoms. The van der Waals surface area contributed by atoms with E-state index in [0.717, 1.165) is 53.9 Å². The molecule has 216 valence electrons. The molecule has 0 aliphatic rings. The van der Waals surface area contributed by atoms with Crippen LogP contribution >= 0.6 is 0 Å². The van der Waals surface area contributed by atoms with Crippen LogP contribution in [0.15, 0.2) is 72.8 Å². The third-order valence-electron chi connectivity index (χ3n) is 6.89. The SMILES string of the molecule is COc1cccc(CCc2ccc(OC)c(Oc3cc(CCc4cc(OC)c(OC)c(OC)c4)cc(OC)c3)c2)c1. The molecule has 0 saturated heterocycles. The van der Waals surface area contributed by atoms with Gasteiger partial charge < -0.3 is 33.2 Å². The highest BCUT2D eigenvalue weighted by Gasteiger charge is 2.14. The van der Waals surface area contributed by atoms with Crippen molar-refractivity contribution in [3.63, 3.8) is 0 Å². The summed E-state index contributed by atoms with van der Waals surface area (Å²) in [4.78, 5) is 0. The fourth-order valence-electron chi connectivity index (χ4n) is 4.72.